The highest BCUT2D eigenvalue weighted by Gasteiger charge is 2.24. The fourth-order valence-electron chi connectivity index (χ4n) is 3.42. The summed E-state index contributed by atoms with van der Waals surface area (Å²) in [5.74, 6) is 1.91. The highest BCUT2D eigenvalue weighted by atomic mass is 16.5. The monoisotopic (exact) mass is 310 g/mol. The average molecular weight is 310 g/mol. The zero-order chi connectivity index (χ0) is 15.6. The van der Waals surface area contributed by atoms with E-state index in [2.05, 4.69) is 44.9 Å². The lowest BCUT2D eigenvalue weighted by Gasteiger charge is -2.38. The molecule has 5 nitrogen and oxygen atoms in total. The summed E-state index contributed by atoms with van der Waals surface area (Å²) >= 11 is 0. The van der Waals surface area contributed by atoms with Gasteiger partial charge >= 0.3 is 0 Å². The molecule has 1 atom stereocenters. The molecule has 0 spiro atoms. The molecule has 0 bridgehead atoms. The second kappa shape index (κ2) is 6.16. The van der Waals surface area contributed by atoms with Gasteiger partial charge in [0.1, 0.15) is 5.75 Å². The topological polar surface area (TPSA) is 41.5 Å². The number of piperazine rings is 1. The van der Waals surface area contributed by atoms with Crippen LogP contribution < -0.4 is 9.64 Å². The lowest BCUT2D eigenvalue weighted by molar-refractivity contribution is 0.197. The number of ether oxygens (including phenoxy) is 1. The van der Waals surface area contributed by atoms with Gasteiger partial charge in [0, 0.05) is 51.0 Å². The third-order valence-corrected chi connectivity index (χ3v) is 4.90. The minimum atomic E-state index is 0.406. The lowest BCUT2D eigenvalue weighted by Crippen LogP contribution is -2.47. The zero-order valence-electron chi connectivity index (χ0n) is 13.5. The van der Waals surface area contributed by atoms with Gasteiger partial charge in [-0.05, 0) is 30.2 Å². The van der Waals surface area contributed by atoms with Gasteiger partial charge in [0.15, 0.2) is 0 Å². The molecule has 2 aromatic rings. The summed E-state index contributed by atoms with van der Waals surface area (Å²) in [4.78, 5) is 13.5. The summed E-state index contributed by atoms with van der Waals surface area (Å²) < 4.78 is 5.71. The van der Waals surface area contributed by atoms with Crippen molar-refractivity contribution < 1.29 is 4.74 Å². The van der Waals surface area contributed by atoms with Gasteiger partial charge in [0.05, 0.1) is 6.61 Å². The van der Waals surface area contributed by atoms with Crippen LogP contribution in [0.3, 0.4) is 0 Å². The first-order chi connectivity index (χ1) is 11.3. The van der Waals surface area contributed by atoms with Crippen molar-refractivity contribution in [1.82, 2.24) is 14.9 Å². The quantitative estimate of drug-likeness (QED) is 0.870. The van der Waals surface area contributed by atoms with Crippen molar-refractivity contribution in [3.63, 3.8) is 0 Å². The highest BCUT2D eigenvalue weighted by molar-refractivity contribution is 5.41. The summed E-state index contributed by atoms with van der Waals surface area (Å²) in [5.41, 5.74) is 2.68. The van der Waals surface area contributed by atoms with Crippen molar-refractivity contribution in [1.29, 1.82) is 0 Å². The van der Waals surface area contributed by atoms with Crippen molar-refractivity contribution in [2.45, 2.75) is 19.4 Å². The fraction of sp³-hybridized carbons (Fsp3) is 0.444. The zero-order valence-corrected chi connectivity index (χ0v) is 13.5. The van der Waals surface area contributed by atoms with Crippen molar-refractivity contribution in [2.24, 2.45) is 0 Å². The highest BCUT2D eigenvalue weighted by Crippen LogP contribution is 2.31. The predicted octanol–water partition coefficient (Wildman–Crippen LogP) is 2.29. The summed E-state index contributed by atoms with van der Waals surface area (Å²) in [6, 6.07) is 8.97. The van der Waals surface area contributed by atoms with Crippen molar-refractivity contribution in [3.8, 4) is 5.75 Å². The molecular formula is C18H22N4O. The van der Waals surface area contributed by atoms with Crippen molar-refractivity contribution in [3.05, 3.63) is 47.8 Å². The molecule has 4 rings (SSSR count). The van der Waals surface area contributed by atoms with Crippen LogP contribution in [0.2, 0.25) is 0 Å². The molecule has 0 N–H and O–H groups in total. The van der Waals surface area contributed by atoms with E-state index >= 15 is 0 Å². The van der Waals surface area contributed by atoms with Gasteiger partial charge in [-0.15, -0.1) is 0 Å². The number of aromatic nitrogens is 2. The number of hydrogen-bond donors (Lipinski definition) is 0. The Morgan fingerprint density at radius 2 is 1.87 bits per heavy atom. The van der Waals surface area contributed by atoms with Crippen LogP contribution in [-0.2, 0) is 6.42 Å². The molecule has 120 valence electrons. The molecule has 3 heterocycles. The number of rotatable bonds is 3. The van der Waals surface area contributed by atoms with Gasteiger partial charge in [-0.2, -0.15) is 0 Å². The van der Waals surface area contributed by atoms with Crippen molar-refractivity contribution >= 4 is 5.95 Å². The maximum atomic E-state index is 5.71. The van der Waals surface area contributed by atoms with Crippen molar-refractivity contribution in [2.75, 3.05) is 37.7 Å². The van der Waals surface area contributed by atoms with Gasteiger partial charge in [0.25, 0.3) is 0 Å². The predicted molar refractivity (Wildman–Crippen MR) is 89.9 cm³/mol. The van der Waals surface area contributed by atoms with Gasteiger partial charge in [-0.1, -0.05) is 12.1 Å². The van der Waals surface area contributed by atoms with Crippen LogP contribution in [0.25, 0.3) is 0 Å². The first-order valence-corrected chi connectivity index (χ1v) is 8.33. The van der Waals surface area contributed by atoms with Gasteiger partial charge in [0.2, 0.25) is 5.95 Å². The van der Waals surface area contributed by atoms with E-state index in [-0.39, 0.29) is 0 Å². The molecule has 23 heavy (non-hydrogen) atoms. The molecule has 1 fully saturated rings. The maximum Gasteiger partial charge on any atom is 0.225 e. The molecular weight excluding hydrogens is 288 g/mol. The van der Waals surface area contributed by atoms with E-state index in [1.54, 1.807) is 0 Å². The third-order valence-electron chi connectivity index (χ3n) is 4.90. The molecule has 2 aliphatic rings. The van der Waals surface area contributed by atoms with Crippen LogP contribution >= 0.6 is 0 Å². The normalized spacial score (nSPS) is 19.3. The molecule has 0 radical (unpaired) electrons. The van der Waals surface area contributed by atoms with E-state index < -0.39 is 0 Å². The van der Waals surface area contributed by atoms with Crippen LogP contribution in [0.5, 0.6) is 5.75 Å². The van der Waals surface area contributed by atoms with Crippen LogP contribution in [0.15, 0.2) is 36.7 Å². The molecule has 0 aliphatic carbocycles. The number of anilines is 1. The van der Waals surface area contributed by atoms with Gasteiger partial charge in [-0.3, -0.25) is 4.90 Å². The Morgan fingerprint density at radius 1 is 1.09 bits per heavy atom. The molecule has 0 amide bonds. The molecule has 1 unspecified atom stereocenters. The van der Waals surface area contributed by atoms with E-state index in [9.17, 15) is 0 Å². The first kappa shape index (κ1) is 14.5. The minimum absolute atomic E-state index is 0.406. The van der Waals surface area contributed by atoms with E-state index in [0.717, 1.165) is 50.9 Å². The first-order valence-electron chi connectivity index (χ1n) is 8.33. The van der Waals surface area contributed by atoms with Crippen LogP contribution in [0.1, 0.15) is 24.1 Å². The van der Waals surface area contributed by atoms with E-state index in [0.29, 0.717) is 6.04 Å². The lowest BCUT2D eigenvalue weighted by atomic mass is 10.0. The summed E-state index contributed by atoms with van der Waals surface area (Å²) in [6.07, 6.45) is 4.66. The Bertz CT molecular complexity index is 668. The second-order valence-corrected chi connectivity index (χ2v) is 6.21. The summed E-state index contributed by atoms with van der Waals surface area (Å²) in [5, 5.41) is 0. The standard InChI is InChI=1S/C18H22N4O/c1-14(16-4-3-15-5-12-23-17(15)13-16)21-8-10-22(11-9-21)18-19-6-2-7-20-18/h2-4,6-7,13-14H,5,8-12H2,1H3. The summed E-state index contributed by atoms with van der Waals surface area (Å²) in [7, 11) is 0. The smallest absolute Gasteiger partial charge is 0.225 e. The largest absolute Gasteiger partial charge is 0.493 e. The van der Waals surface area contributed by atoms with E-state index in [1.807, 2.05) is 18.5 Å². The van der Waals surface area contributed by atoms with E-state index in [1.165, 1.54) is 11.1 Å². The van der Waals surface area contributed by atoms with Crippen LogP contribution in [0.4, 0.5) is 5.95 Å². The Labute approximate surface area is 136 Å². The molecule has 1 saturated heterocycles. The fourth-order valence-corrected chi connectivity index (χ4v) is 3.42. The molecule has 2 aliphatic heterocycles. The number of fused-ring (bicyclic) bond motifs is 1. The second-order valence-electron chi connectivity index (χ2n) is 6.21. The maximum absolute atomic E-state index is 5.71. The van der Waals surface area contributed by atoms with Crippen LogP contribution in [-0.4, -0.2) is 47.7 Å². The minimum Gasteiger partial charge on any atom is -0.493 e. The number of hydrogen-bond acceptors (Lipinski definition) is 5. The number of benzene rings is 1. The molecule has 1 aromatic carbocycles. The van der Waals surface area contributed by atoms with Crippen LogP contribution in [0, 0.1) is 0 Å². The summed E-state index contributed by atoms with van der Waals surface area (Å²) in [6.45, 7) is 7.09. The third kappa shape index (κ3) is 2.88. The Morgan fingerprint density at radius 3 is 2.65 bits per heavy atom. The van der Waals surface area contributed by atoms with E-state index in [4.69, 9.17) is 4.74 Å². The average Bonchev–Trinajstić information content (AvgIpc) is 3.10. The van der Waals surface area contributed by atoms with Gasteiger partial charge < -0.3 is 9.64 Å². The Kier molecular flexibility index (Phi) is 3.87. The molecule has 1 aromatic heterocycles. The number of nitrogens with zero attached hydrogens (tertiary/aromatic N) is 4. The molecule has 0 saturated carbocycles. The van der Waals surface area contributed by atoms with Gasteiger partial charge in [-0.25, -0.2) is 9.97 Å². The Hall–Kier alpha value is -2.14. The Balaban J connectivity index is 1.42. The molecule has 5 heteroatoms. The SMILES string of the molecule is CC(c1ccc2c(c1)OCC2)N1CCN(c2ncccn2)CC1.